The van der Waals surface area contributed by atoms with Gasteiger partial charge in [-0.15, -0.1) is 19.4 Å². The summed E-state index contributed by atoms with van der Waals surface area (Å²) in [7, 11) is 0. The zero-order valence-corrected chi connectivity index (χ0v) is 37.8. The maximum atomic E-state index is 12.3. The Bertz CT molecular complexity index is 1560. The summed E-state index contributed by atoms with van der Waals surface area (Å²) in [5, 5.41) is 13.3. The van der Waals surface area contributed by atoms with Crippen LogP contribution in [-0.4, -0.2) is 47.4 Å². The lowest BCUT2D eigenvalue weighted by molar-refractivity contribution is -0.222. The standard InChI is InChI=1S/C42H60N2O4.C3H6.2C2H6.C2H2/c1-38(2)30(28-12-14-29(15-13-28)37(47)48)18-21-39(3)33(38)19-22-41(5)34(39)17-16-31-32-9-7-20-42(32,24-23-40(31,41)4)27-43-25-8-26-44-35(45)10-6-11-36(44)46;1-3-2;3*1-2/h12-15,18,31-34,43H,6-11,16-17,19-27H2,1-5H3,(H,47,48);3H,1H2,2H3;2*1-2H3;1-2H/t31-,32?,33?,34?,39+,40-,41-,42-;;;;/m1..../s1. The molecule has 4 saturated carbocycles. The molecule has 8 atom stereocenters. The molecule has 2 N–H and O–H groups in total. The largest absolute Gasteiger partial charge is 0.478 e. The van der Waals surface area contributed by atoms with Gasteiger partial charge in [-0.05, 0) is 158 Å². The number of nitrogens with one attached hydrogen (secondary N) is 1. The number of terminal acetylenes is 1. The van der Waals surface area contributed by atoms with Crippen LogP contribution in [0.1, 0.15) is 175 Å². The molecule has 0 bridgehead atoms. The number of piperidine rings is 1. The molecule has 1 aliphatic heterocycles. The van der Waals surface area contributed by atoms with Crippen molar-refractivity contribution in [3.8, 4) is 12.8 Å². The highest BCUT2D eigenvalue weighted by Crippen LogP contribution is 2.77. The van der Waals surface area contributed by atoms with Gasteiger partial charge in [-0.2, -0.15) is 0 Å². The Kier molecular flexibility index (Phi) is 17.1. The number of carboxylic acids is 1. The topological polar surface area (TPSA) is 86.7 Å². The van der Waals surface area contributed by atoms with E-state index in [1.54, 1.807) is 18.2 Å². The summed E-state index contributed by atoms with van der Waals surface area (Å²) in [6.07, 6.45) is 28.0. The van der Waals surface area contributed by atoms with Crippen molar-refractivity contribution >= 4 is 23.4 Å². The number of rotatable bonds is 8. The Labute approximate surface area is 348 Å². The summed E-state index contributed by atoms with van der Waals surface area (Å²) >= 11 is 0. The minimum Gasteiger partial charge on any atom is -0.478 e. The summed E-state index contributed by atoms with van der Waals surface area (Å²) in [6.45, 7) is 28.8. The van der Waals surface area contributed by atoms with Crippen LogP contribution in [0.3, 0.4) is 0 Å². The van der Waals surface area contributed by atoms with Crippen LogP contribution in [0.25, 0.3) is 5.57 Å². The number of likely N-dealkylation sites (tertiary alicyclic amines) is 1. The summed E-state index contributed by atoms with van der Waals surface area (Å²) in [5.74, 6) is 2.06. The number of carbonyl (C=O) groups is 3. The summed E-state index contributed by atoms with van der Waals surface area (Å²) in [6, 6.07) is 7.59. The first kappa shape index (κ1) is 48.2. The molecule has 318 valence electrons. The third-order valence-electron chi connectivity index (χ3n) is 16.2. The van der Waals surface area contributed by atoms with Crippen LogP contribution in [0.2, 0.25) is 0 Å². The molecule has 0 aromatic heterocycles. The number of fused-ring (bicyclic) bond motifs is 7. The first-order valence-electron chi connectivity index (χ1n) is 22.7. The number of allylic oxidation sites excluding steroid dienone is 3. The van der Waals surface area contributed by atoms with Gasteiger partial charge in [-0.3, -0.25) is 14.5 Å². The van der Waals surface area contributed by atoms with Crippen LogP contribution in [0.15, 0.2) is 43.0 Å². The van der Waals surface area contributed by atoms with Gasteiger partial charge in [0.1, 0.15) is 0 Å². The van der Waals surface area contributed by atoms with Gasteiger partial charge in [0.2, 0.25) is 11.8 Å². The van der Waals surface area contributed by atoms with Crippen molar-refractivity contribution in [2.24, 2.45) is 50.7 Å². The fraction of sp³-hybridized carbons (Fsp3) is 0.706. The number of carboxylic acid groups (broad SMARTS) is 1. The third kappa shape index (κ3) is 8.90. The Morgan fingerprint density at radius 3 is 2.05 bits per heavy atom. The van der Waals surface area contributed by atoms with Crippen molar-refractivity contribution < 1.29 is 19.5 Å². The molecule has 0 radical (unpaired) electrons. The second-order valence-corrected chi connectivity index (χ2v) is 18.7. The minimum absolute atomic E-state index is 0.0137. The van der Waals surface area contributed by atoms with E-state index < -0.39 is 5.97 Å². The summed E-state index contributed by atoms with van der Waals surface area (Å²) in [4.78, 5) is 37.5. The molecule has 1 heterocycles. The lowest BCUT2D eigenvalue weighted by Gasteiger charge is -2.72. The van der Waals surface area contributed by atoms with Crippen molar-refractivity contribution in [2.45, 2.75) is 159 Å². The molecule has 5 fully saturated rings. The minimum atomic E-state index is -0.865. The predicted molar refractivity (Wildman–Crippen MR) is 239 cm³/mol. The van der Waals surface area contributed by atoms with Gasteiger partial charge < -0.3 is 10.4 Å². The average Bonchev–Trinajstić information content (AvgIpc) is 3.63. The number of imide groups is 1. The fourth-order valence-electron chi connectivity index (χ4n) is 13.6. The molecule has 57 heavy (non-hydrogen) atoms. The van der Waals surface area contributed by atoms with Crippen molar-refractivity contribution in [1.82, 2.24) is 10.2 Å². The molecular formula is C51H80N2O4. The summed E-state index contributed by atoms with van der Waals surface area (Å²) < 4.78 is 0. The Morgan fingerprint density at radius 2 is 1.46 bits per heavy atom. The molecule has 3 unspecified atom stereocenters. The molecule has 1 aromatic carbocycles. The molecule has 1 saturated heterocycles. The Morgan fingerprint density at radius 1 is 0.842 bits per heavy atom. The van der Waals surface area contributed by atoms with E-state index in [2.05, 4.69) is 65.4 Å². The van der Waals surface area contributed by atoms with Crippen LogP contribution in [0.4, 0.5) is 0 Å². The Balaban J connectivity index is 0.000000899. The number of carbonyl (C=O) groups excluding carboxylic acids is 2. The quantitative estimate of drug-likeness (QED) is 0.119. The van der Waals surface area contributed by atoms with Crippen LogP contribution in [0.5, 0.6) is 0 Å². The zero-order chi connectivity index (χ0) is 42.8. The summed E-state index contributed by atoms with van der Waals surface area (Å²) in [5.41, 5.74) is 4.32. The maximum Gasteiger partial charge on any atom is 0.335 e. The van der Waals surface area contributed by atoms with E-state index in [9.17, 15) is 19.5 Å². The first-order valence-corrected chi connectivity index (χ1v) is 22.7. The van der Waals surface area contributed by atoms with Gasteiger partial charge in [0.05, 0.1) is 5.56 Å². The number of nitrogens with zero attached hydrogens (tertiary/aromatic N) is 1. The molecule has 6 aliphatic rings. The highest BCUT2D eigenvalue weighted by atomic mass is 16.4. The molecule has 6 heteroatoms. The SMILES string of the molecule is C#C.C=CC.CC.CC.CC1(C)C(c2ccc(C(=O)O)cc2)=CC[C@@]2(C)C1CC[C@]1(C)C2CC[C@@H]2C3CCC[C@]3(CNCCCN3C(=O)CCCC3=O)CC[C@]21C. The number of hydrogen-bond donors (Lipinski definition) is 2. The molecule has 7 rings (SSSR count). The average molecular weight is 785 g/mol. The Hall–Kier alpha value is -3.17. The van der Waals surface area contributed by atoms with Gasteiger partial charge >= 0.3 is 5.97 Å². The molecule has 6 nitrogen and oxygen atoms in total. The van der Waals surface area contributed by atoms with Gasteiger partial charge in [0.15, 0.2) is 0 Å². The van der Waals surface area contributed by atoms with E-state index in [-0.39, 0.29) is 22.6 Å². The number of aromatic carboxylic acids is 1. The van der Waals surface area contributed by atoms with Crippen molar-refractivity contribution in [2.75, 3.05) is 19.6 Å². The van der Waals surface area contributed by atoms with Gasteiger partial charge in [-0.25, -0.2) is 4.79 Å². The highest BCUT2D eigenvalue weighted by Gasteiger charge is 2.69. The van der Waals surface area contributed by atoms with Crippen LogP contribution in [0, 0.1) is 63.6 Å². The van der Waals surface area contributed by atoms with Crippen LogP contribution >= 0.6 is 0 Å². The van der Waals surface area contributed by atoms with Gasteiger partial charge in [-0.1, -0.05) is 93.0 Å². The fourth-order valence-corrected chi connectivity index (χ4v) is 13.6. The molecule has 2 amide bonds. The highest BCUT2D eigenvalue weighted by molar-refractivity contribution is 5.97. The molecular weight excluding hydrogens is 705 g/mol. The van der Waals surface area contributed by atoms with Gasteiger partial charge in [0, 0.05) is 25.9 Å². The number of amides is 2. The lowest BCUT2D eigenvalue weighted by atomic mass is 9.32. The van der Waals surface area contributed by atoms with E-state index in [1.165, 1.54) is 73.8 Å². The molecule has 0 spiro atoms. The first-order chi connectivity index (χ1) is 27.2. The van der Waals surface area contributed by atoms with Crippen molar-refractivity contribution in [3.63, 3.8) is 0 Å². The number of benzene rings is 1. The van der Waals surface area contributed by atoms with E-state index in [1.807, 2.05) is 46.8 Å². The number of hydrogen-bond acceptors (Lipinski definition) is 4. The van der Waals surface area contributed by atoms with Crippen LogP contribution in [-0.2, 0) is 9.59 Å². The smallest absolute Gasteiger partial charge is 0.335 e. The normalized spacial score (nSPS) is 34.5. The lowest BCUT2D eigenvalue weighted by Crippen LogP contribution is -2.65. The van der Waals surface area contributed by atoms with Crippen molar-refractivity contribution in [3.05, 3.63) is 54.1 Å². The molecule has 5 aliphatic carbocycles. The monoisotopic (exact) mass is 785 g/mol. The van der Waals surface area contributed by atoms with Crippen LogP contribution < -0.4 is 5.32 Å². The third-order valence-corrected chi connectivity index (χ3v) is 16.2. The maximum absolute atomic E-state index is 12.3. The zero-order valence-electron chi connectivity index (χ0n) is 37.8. The second kappa shape index (κ2) is 20.2. The predicted octanol–water partition coefficient (Wildman–Crippen LogP) is 12.2. The van der Waals surface area contributed by atoms with E-state index >= 15 is 0 Å². The van der Waals surface area contributed by atoms with E-state index in [0.717, 1.165) is 37.8 Å². The molecule has 1 aromatic rings. The second-order valence-electron chi connectivity index (χ2n) is 18.7. The van der Waals surface area contributed by atoms with Crippen molar-refractivity contribution in [1.29, 1.82) is 0 Å². The van der Waals surface area contributed by atoms with E-state index in [0.29, 0.717) is 59.5 Å². The van der Waals surface area contributed by atoms with E-state index in [4.69, 9.17) is 0 Å². The van der Waals surface area contributed by atoms with Gasteiger partial charge in [0.25, 0.3) is 0 Å².